The maximum atomic E-state index is 12.4. The molecule has 0 radical (unpaired) electrons. The Kier molecular flexibility index (Phi) is 6.49. The molecule has 1 amide bonds. The van der Waals surface area contributed by atoms with Crippen molar-refractivity contribution in [3.05, 3.63) is 66.2 Å². The Hall–Kier alpha value is -2.79. The van der Waals surface area contributed by atoms with Gasteiger partial charge in [-0.2, -0.15) is 0 Å². The van der Waals surface area contributed by atoms with E-state index in [1.165, 1.54) is 0 Å². The van der Waals surface area contributed by atoms with E-state index in [4.69, 9.17) is 14.2 Å². The van der Waals surface area contributed by atoms with Gasteiger partial charge in [0.05, 0.1) is 6.10 Å². The molecule has 0 aromatic heterocycles. The normalized spacial score (nSPS) is 16.0. The SMILES string of the molecule is C=C(C)COc1ccc(NC(=O)c2ccc(OCC3CCCO3)cc2)cc1. The molecule has 1 fully saturated rings. The second-order valence-electron chi connectivity index (χ2n) is 6.69. The van der Waals surface area contributed by atoms with Gasteiger partial charge in [-0.05, 0) is 73.9 Å². The minimum atomic E-state index is -0.170. The lowest BCUT2D eigenvalue weighted by atomic mass is 10.2. The van der Waals surface area contributed by atoms with Crippen LogP contribution in [0.3, 0.4) is 0 Å². The molecule has 1 N–H and O–H groups in total. The van der Waals surface area contributed by atoms with Gasteiger partial charge in [0, 0.05) is 17.9 Å². The minimum Gasteiger partial charge on any atom is -0.491 e. The number of hydrogen-bond donors (Lipinski definition) is 1. The standard InChI is InChI=1S/C22H25NO4/c1-16(2)14-26-20-11-7-18(8-12-20)23-22(24)17-5-9-19(10-6-17)27-15-21-4-3-13-25-21/h5-12,21H,1,3-4,13-15H2,2H3,(H,23,24). The van der Waals surface area contributed by atoms with Gasteiger partial charge in [-0.25, -0.2) is 0 Å². The average Bonchev–Trinajstić information content (AvgIpc) is 3.20. The van der Waals surface area contributed by atoms with Gasteiger partial charge in [-0.3, -0.25) is 4.79 Å². The summed E-state index contributed by atoms with van der Waals surface area (Å²) in [7, 11) is 0. The van der Waals surface area contributed by atoms with E-state index in [2.05, 4.69) is 11.9 Å². The Bertz CT molecular complexity index is 762. The summed E-state index contributed by atoms with van der Waals surface area (Å²) in [4.78, 5) is 12.4. The lowest BCUT2D eigenvalue weighted by Crippen LogP contribution is -2.16. The number of carbonyl (C=O) groups excluding carboxylic acids is 1. The van der Waals surface area contributed by atoms with Gasteiger partial charge in [0.2, 0.25) is 0 Å². The van der Waals surface area contributed by atoms with Crippen LogP contribution < -0.4 is 14.8 Å². The Morgan fingerprint density at radius 2 is 1.78 bits per heavy atom. The van der Waals surface area contributed by atoms with Crippen LogP contribution in [-0.2, 0) is 4.74 Å². The van der Waals surface area contributed by atoms with Gasteiger partial charge < -0.3 is 19.5 Å². The highest BCUT2D eigenvalue weighted by Crippen LogP contribution is 2.19. The van der Waals surface area contributed by atoms with Gasteiger partial charge in [-0.1, -0.05) is 6.58 Å². The fourth-order valence-corrected chi connectivity index (χ4v) is 2.71. The zero-order chi connectivity index (χ0) is 19.1. The molecule has 0 aliphatic carbocycles. The molecule has 5 nitrogen and oxygen atoms in total. The molecule has 5 heteroatoms. The smallest absolute Gasteiger partial charge is 0.255 e. The summed E-state index contributed by atoms with van der Waals surface area (Å²) in [6.45, 7) is 7.55. The van der Waals surface area contributed by atoms with Crippen molar-refractivity contribution in [2.45, 2.75) is 25.9 Å². The summed E-state index contributed by atoms with van der Waals surface area (Å²) < 4.78 is 16.8. The Morgan fingerprint density at radius 1 is 1.11 bits per heavy atom. The van der Waals surface area contributed by atoms with Crippen molar-refractivity contribution in [3.8, 4) is 11.5 Å². The second-order valence-corrected chi connectivity index (χ2v) is 6.69. The van der Waals surface area contributed by atoms with Crippen LogP contribution in [0.1, 0.15) is 30.1 Å². The predicted octanol–water partition coefficient (Wildman–Crippen LogP) is 4.45. The summed E-state index contributed by atoms with van der Waals surface area (Å²) in [5, 5.41) is 2.87. The van der Waals surface area contributed by atoms with Crippen molar-refractivity contribution < 1.29 is 19.0 Å². The van der Waals surface area contributed by atoms with E-state index in [0.29, 0.717) is 24.5 Å². The number of amides is 1. The molecule has 0 saturated carbocycles. The first kappa shape index (κ1) is 19.0. The maximum Gasteiger partial charge on any atom is 0.255 e. The Morgan fingerprint density at radius 3 is 2.41 bits per heavy atom. The van der Waals surface area contributed by atoms with Crippen LogP contribution in [-0.4, -0.2) is 31.8 Å². The van der Waals surface area contributed by atoms with Crippen molar-refractivity contribution in [2.24, 2.45) is 0 Å². The molecule has 27 heavy (non-hydrogen) atoms. The molecule has 1 unspecified atom stereocenters. The first-order chi connectivity index (χ1) is 13.1. The molecule has 0 spiro atoms. The van der Waals surface area contributed by atoms with Crippen LogP contribution >= 0.6 is 0 Å². The monoisotopic (exact) mass is 367 g/mol. The van der Waals surface area contributed by atoms with Gasteiger partial charge in [0.15, 0.2) is 0 Å². The van der Waals surface area contributed by atoms with Crippen LogP contribution in [0.5, 0.6) is 11.5 Å². The quantitative estimate of drug-likeness (QED) is 0.700. The molecule has 1 atom stereocenters. The van der Waals surface area contributed by atoms with Crippen LogP contribution in [0.25, 0.3) is 0 Å². The molecular formula is C22H25NO4. The van der Waals surface area contributed by atoms with E-state index in [0.717, 1.165) is 36.5 Å². The summed E-state index contributed by atoms with van der Waals surface area (Å²) in [6.07, 6.45) is 2.31. The first-order valence-corrected chi connectivity index (χ1v) is 9.13. The fourth-order valence-electron chi connectivity index (χ4n) is 2.71. The molecule has 1 aliphatic heterocycles. The van der Waals surface area contributed by atoms with Gasteiger partial charge in [-0.15, -0.1) is 0 Å². The van der Waals surface area contributed by atoms with Crippen molar-refractivity contribution >= 4 is 11.6 Å². The third-order valence-electron chi connectivity index (χ3n) is 4.17. The van der Waals surface area contributed by atoms with Gasteiger partial charge in [0.25, 0.3) is 5.91 Å². The first-order valence-electron chi connectivity index (χ1n) is 9.13. The zero-order valence-electron chi connectivity index (χ0n) is 15.6. The largest absolute Gasteiger partial charge is 0.491 e. The Labute approximate surface area is 159 Å². The van der Waals surface area contributed by atoms with E-state index in [1.54, 1.807) is 24.3 Å². The highest BCUT2D eigenvalue weighted by molar-refractivity contribution is 6.04. The van der Waals surface area contributed by atoms with E-state index < -0.39 is 0 Å². The highest BCUT2D eigenvalue weighted by Gasteiger charge is 2.16. The topological polar surface area (TPSA) is 56.8 Å². The van der Waals surface area contributed by atoms with E-state index in [9.17, 15) is 4.79 Å². The maximum absolute atomic E-state index is 12.4. The number of ether oxygens (including phenoxy) is 3. The van der Waals surface area contributed by atoms with E-state index >= 15 is 0 Å². The summed E-state index contributed by atoms with van der Waals surface area (Å²) in [5.41, 5.74) is 2.24. The number of anilines is 1. The summed E-state index contributed by atoms with van der Waals surface area (Å²) in [6, 6.07) is 14.4. The molecule has 2 aromatic carbocycles. The van der Waals surface area contributed by atoms with Gasteiger partial charge in [0.1, 0.15) is 24.7 Å². The fraction of sp³-hybridized carbons (Fsp3) is 0.318. The third kappa shape index (κ3) is 5.86. The number of benzene rings is 2. The van der Waals surface area contributed by atoms with E-state index in [1.807, 2.05) is 31.2 Å². The van der Waals surface area contributed by atoms with Crippen molar-refractivity contribution in [1.29, 1.82) is 0 Å². The lowest BCUT2D eigenvalue weighted by molar-refractivity contribution is 0.0679. The molecule has 142 valence electrons. The van der Waals surface area contributed by atoms with E-state index in [-0.39, 0.29) is 12.0 Å². The van der Waals surface area contributed by atoms with Crippen molar-refractivity contribution in [3.63, 3.8) is 0 Å². The van der Waals surface area contributed by atoms with Crippen LogP contribution in [0, 0.1) is 0 Å². The van der Waals surface area contributed by atoms with Crippen LogP contribution in [0.2, 0.25) is 0 Å². The van der Waals surface area contributed by atoms with Crippen molar-refractivity contribution in [1.82, 2.24) is 0 Å². The molecule has 1 heterocycles. The molecule has 1 saturated heterocycles. The molecular weight excluding hydrogens is 342 g/mol. The Balaban J connectivity index is 1.50. The number of hydrogen-bond acceptors (Lipinski definition) is 4. The van der Waals surface area contributed by atoms with Crippen LogP contribution in [0.4, 0.5) is 5.69 Å². The molecule has 3 rings (SSSR count). The molecule has 1 aliphatic rings. The lowest BCUT2D eigenvalue weighted by Gasteiger charge is -2.12. The summed E-state index contributed by atoms with van der Waals surface area (Å²) in [5.74, 6) is 1.31. The van der Waals surface area contributed by atoms with Crippen molar-refractivity contribution in [2.75, 3.05) is 25.1 Å². The predicted molar refractivity (Wildman–Crippen MR) is 106 cm³/mol. The number of rotatable bonds is 8. The molecule has 0 bridgehead atoms. The number of carbonyl (C=O) groups is 1. The third-order valence-corrected chi connectivity index (χ3v) is 4.17. The highest BCUT2D eigenvalue weighted by atomic mass is 16.5. The second kappa shape index (κ2) is 9.24. The van der Waals surface area contributed by atoms with Gasteiger partial charge >= 0.3 is 0 Å². The number of nitrogens with one attached hydrogen (secondary N) is 1. The van der Waals surface area contributed by atoms with Crippen LogP contribution in [0.15, 0.2) is 60.7 Å². The average molecular weight is 367 g/mol. The summed E-state index contributed by atoms with van der Waals surface area (Å²) >= 11 is 0. The molecule has 2 aromatic rings. The minimum absolute atomic E-state index is 0.170. The zero-order valence-corrected chi connectivity index (χ0v) is 15.6.